The summed E-state index contributed by atoms with van der Waals surface area (Å²) >= 11 is 1.74. The second-order valence-corrected chi connectivity index (χ2v) is 8.11. The number of Topliss-reactive ketones (excluding diaryl/α,β-unsaturated/α-hetero) is 1. The van der Waals surface area contributed by atoms with E-state index in [2.05, 4.69) is 72.2 Å². The van der Waals surface area contributed by atoms with E-state index in [0.717, 1.165) is 29.7 Å². The first-order valence-electron chi connectivity index (χ1n) is 9.45. The molecule has 1 aliphatic heterocycles. The fourth-order valence-corrected chi connectivity index (χ4v) is 4.86. The van der Waals surface area contributed by atoms with Gasteiger partial charge in [0.05, 0.1) is 6.04 Å². The van der Waals surface area contributed by atoms with E-state index in [9.17, 15) is 4.79 Å². The Kier molecular flexibility index (Phi) is 4.05. The number of carbonyl (C=O) groups excluding carboxylic acids is 1. The summed E-state index contributed by atoms with van der Waals surface area (Å²) < 4.78 is 0. The normalized spacial score (nSPS) is 18.9. The maximum Gasteiger partial charge on any atom is 0.161 e. The zero-order chi connectivity index (χ0) is 18.4. The van der Waals surface area contributed by atoms with Crippen molar-refractivity contribution >= 4 is 39.6 Å². The average Bonchev–Trinajstić information content (AvgIpc) is 2.73. The van der Waals surface area contributed by atoms with E-state index in [1.807, 2.05) is 0 Å². The predicted molar refractivity (Wildman–Crippen MR) is 114 cm³/mol. The number of nitrogens with one attached hydrogen (secondary N) is 1. The smallest absolute Gasteiger partial charge is 0.161 e. The van der Waals surface area contributed by atoms with Gasteiger partial charge in [0, 0.05) is 28.1 Å². The van der Waals surface area contributed by atoms with Gasteiger partial charge in [-0.15, -0.1) is 11.8 Å². The fourth-order valence-electron chi connectivity index (χ4n) is 4.45. The molecule has 0 spiro atoms. The summed E-state index contributed by atoms with van der Waals surface area (Å²) in [5.74, 6) is 0.293. The van der Waals surface area contributed by atoms with E-state index in [1.165, 1.54) is 26.8 Å². The maximum absolute atomic E-state index is 13.0. The Bertz CT molecular complexity index is 1080. The Morgan fingerprint density at radius 3 is 2.59 bits per heavy atom. The minimum absolute atomic E-state index is 0.0580. The van der Waals surface area contributed by atoms with Crippen LogP contribution in [0.4, 0.5) is 5.69 Å². The Hall–Kier alpha value is -2.52. The monoisotopic (exact) mass is 371 g/mol. The number of carbonyl (C=O) groups is 1. The Balaban J connectivity index is 1.73. The van der Waals surface area contributed by atoms with Crippen molar-refractivity contribution in [2.24, 2.45) is 0 Å². The number of hydrogen-bond donors (Lipinski definition) is 1. The molecule has 0 fully saturated rings. The molecule has 0 aromatic heterocycles. The standard InChI is InChI=1S/C24H21NOS/c1-27-17-12-9-16(10-13-17)24-23-19(7-4-8-21(23)26)22-18-6-3-2-5-15(18)11-14-20(22)25-24/h2-3,5-6,9-14,24-25H,4,7-8H2,1H3/t24-/m0/s1. The van der Waals surface area contributed by atoms with E-state index in [1.54, 1.807) is 11.8 Å². The number of hydrogen-bond acceptors (Lipinski definition) is 3. The van der Waals surface area contributed by atoms with Crippen molar-refractivity contribution in [3.63, 3.8) is 0 Å². The van der Waals surface area contributed by atoms with Gasteiger partial charge in [-0.3, -0.25) is 4.79 Å². The van der Waals surface area contributed by atoms with E-state index in [-0.39, 0.29) is 6.04 Å². The number of benzene rings is 3. The van der Waals surface area contributed by atoms with Gasteiger partial charge in [-0.2, -0.15) is 0 Å². The van der Waals surface area contributed by atoms with Gasteiger partial charge in [0.2, 0.25) is 0 Å². The molecule has 0 saturated carbocycles. The second kappa shape index (κ2) is 6.58. The molecule has 0 bridgehead atoms. The van der Waals surface area contributed by atoms with Crippen LogP contribution in [0.5, 0.6) is 0 Å². The van der Waals surface area contributed by atoms with E-state index in [0.29, 0.717) is 12.2 Å². The lowest BCUT2D eigenvalue weighted by Crippen LogP contribution is -2.27. The van der Waals surface area contributed by atoms with Crippen LogP contribution < -0.4 is 5.32 Å². The molecule has 1 aliphatic carbocycles. The molecule has 134 valence electrons. The molecule has 3 aromatic rings. The van der Waals surface area contributed by atoms with Gasteiger partial charge in [-0.1, -0.05) is 42.5 Å². The molecule has 0 saturated heterocycles. The van der Waals surface area contributed by atoms with Crippen LogP contribution in [0.25, 0.3) is 16.3 Å². The van der Waals surface area contributed by atoms with E-state index in [4.69, 9.17) is 0 Å². The highest BCUT2D eigenvalue weighted by Crippen LogP contribution is 2.47. The van der Waals surface area contributed by atoms with Crippen molar-refractivity contribution < 1.29 is 4.79 Å². The molecule has 1 heterocycles. The zero-order valence-electron chi connectivity index (χ0n) is 15.3. The third-order valence-electron chi connectivity index (χ3n) is 5.72. The molecule has 3 aromatic carbocycles. The highest BCUT2D eigenvalue weighted by atomic mass is 32.2. The van der Waals surface area contributed by atoms with Crippen LogP contribution in [0.2, 0.25) is 0 Å². The highest BCUT2D eigenvalue weighted by molar-refractivity contribution is 7.98. The predicted octanol–water partition coefficient (Wildman–Crippen LogP) is 6.24. The van der Waals surface area contributed by atoms with E-state index >= 15 is 0 Å². The van der Waals surface area contributed by atoms with Crippen LogP contribution in [0, 0.1) is 0 Å². The SMILES string of the molecule is CSc1ccc([C@@H]2Nc3ccc4ccccc4c3C3=C2C(=O)CCC3)cc1. The lowest BCUT2D eigenvalue weighted by Gasteiger charge is -2.35. The van der Waals surface area contributed by atoms with E-state index < -0.39 is 0 Å². The average molecular weight is 372 g/mol. The second-order valence-electron chi connectivity index (χ2n) is 7.23. The van der Waals surface area contributed by atoms with Crippen molar-refractivity contribution in [1.29, 1.82) is 0 Å². The summed E-state index contributed by atoms with van der Waals surface area (Å²) in [7, 11) is 0. The van der Waals surface area contributed by atoms with Gasteiger partial charge in [0.1, 0.15) is 0 Å². The molecule has 27 heavy (non-hydrogen) atoms. The zero-order valence-corrected chi connectivity index (χ0v) is 16.1. The fraction of sp³-hybridized carbons (Fsp3) is 0.208. The molecular weight excluding hydrogens is 350 g/mol. The van der Waals surface area contributed by atoms with Crippen molar-refractivity contribution in [2.45, 2.75) is 30.2 Å². The number of rotatable bonds is 2. The summed E-state index contributed by atoms with van der Waals surface area (Å²) in [6.45, 7) is 0. The quantitative estimate of drug-likeness (QED) is 0.541. The van der Waals surface area contributed by atoms with Crippen LogP contribution >= 0.6 is 11.8 Å². The third kappa shape index (κ3) is 2.69. The molecular formula is C24H21NOS. The molecule has 2 nitrogen and oxygen atoms in total. The Morgan fingerprint density at radius 1 is 0.963 bits per heavy atom. The van der Waals surface area contributed by atoms with Crippen molar-refractivity contribution in [1.82, 2.24) is 0 Å². The summed E-state index contributed by atoms with van der Waals surface area (Å²) in [4.78, 5) is 14.2. The molecule has 0 amide bonds. The largest absolute Gasteiger partial charge is 0.373 e. The van der Waals surface area contributed by atoms with Crippen LogP contribution in [0.3, 0.4) is 0 Å². The minimum Gasteiger partial charge on any atom is -0.373 e. The van der Waals surface area contributed by atoms with Crippen LogP contribution in [0.15, 0.2) is 71.1 Å². The molecule has 1 atom stereocenters. The first-order chi connectivity index (χ1) is 13.3. The first-order valence-corrected chi connectivity index (χ1v) is 10.7. The highest BCUT2D eigenvalue weighted by Gasteiger charge is 2.34. The van der Waals surface area contributed by atoms with Gasteiger partial charge in [-0.05, 0) is 59.2 Å². The molecule has 3 heteroatoms. The lowest BCUT2D eigenvalue weighted by molar-refractivity contribution is -0.116. The van der Waals surface area contributed by atoms with Gasteiger partial charge in [0.25, 0.3) is 0 Å². The van der Waals surface area contributed by atoms with Crippen molar-refractivity contribution in [3.05, 3.63) is 77.4 Å². The van der Waals surface area contributed by atoms with Gasteiger partial charge in [0.15, 0.2) is 5.78 Å². The first kappa shape index (κ1) is 16.6. The van der Waals surface area contributed by atoms with Gasteiger partial charge in [-0.25, -0.2) is 0 Å². The summed E-state index contributed by atoms with van der Waals surface area (Å²) in [5.41, 5.74) is 5.75. The number of thioether (sulfide) groups is 1. The van der Waals surface area contributed by atoms with Crippen LogP contribution in [-0.4, -0.2) is 12.0 Å². The summed E-state index contributed by atoms with van der Waals surface area (Å²) in [5, 5.41) is 6.15. The number of ketones is 1. The maximum atomic E-state index is 13.0. The van der Waals surface area contributed by atoms with Crippen LogP contribution in [0.1, 0.15) is 36.4 Å². The number of fused-ring (bicyclic) bond motifs is 4. The number of allylic oxidation sites excluding steroid dienone is 1. The molecule has 5 rings (SSSR count). The molecule has 2 aliphatic rings. The van der Waals surface area contributed by atoms with Crippen molar-refractivity contribution in [2.75, 3.05) is 11.6 Å². The Morgan fingerprint density at radius 2 is 1.78 bits per heavy atom. The molecule has 0 radical (unpaired) electrons. The Labute approximate surface area is 163 Å². The van der Waals surface area contributed by atoms with Gasteiger partial charge < -0.3 is 5.32 Å². The van der Waals surface area contributed by atoms with Crippen molar-refractivity contribution in [3.8, 4) is 0 Å². The minimum atomic E-state index is -0.0580. The topological polar surface area (TPSA) is 29.1 Å². The third-order valence-corrected chi connectivity index (χ3v) is 6.47. The lowest BCUT2D eigenvalue weighted by atomic mass is 9.77. The van der Waals surface area contributed by atoms with Gasteiger partial charge >= 0.3 is 0 Å². The van der Waals surface area contributed by atoms with Crippen LogP contribution in [-0.2, 0) is 4.79 Å². The number of anilines is 1. The molecule has 1 N–H and O–H groups in total. The molecule has 0 unspecified atom stereocenters. The summed E-state index contributed by atoms with van der Waals surface area (Å²) in [6.07, 6.45) is 4.65. The summed E-state index contributed by atoms with van der Waals surface area (Å²) in [6, 6.07) is 21.4.